The van der Waals surface area contributed by atoms with Crippen LogP contribution in [0.25, 0.3) is 0 Å². The van der Waals surface area contributed by atoms with Crippen LogP contribution in [0.5, 0.6) is 0 Å². The first kappa shape index (κ1) is 11.9. The summed E-state index contributed by atoms with van der Waals surface area (Å²) in [4.78, 5) is 6.70. The lowest BCUT2D eigenvalue weighted by molar-refractivity contribution is 0.394. The standard InChI is InChI=1S/C13H20N4/c1-2-10-5-7-17(8-6-10)12-4-3-11(9-16-12)13(14)15/h3-4,9-10H,2,5-8H2,1H3,(H3,14,15). The van der Waals surface area contributed by atoms with Crippen molar-refractivity contribution < 1.29 is 0 Å². The van der Waals surface area contributed by atoms with Gasteiger partial charge in [0.25, 0.3) is 0 Å². The summed E-state index contributed by atoms with van der Waals surface area (Å²) in [5, 5.41) is 7.33. The molecule has 0 unspecified atom stereocenters. The Kier molecular flexibility index (Phi) is 3.61. The van der Waals surface area contributed by atoms with Crippen LogP contribution in [-0.4, -0.2) is 23.9 Å². The lowest BCUT2D eigenvalue weighted by Gasteiger charge is -2.32. The molecular weight excluding hydrogens is 212 g/mol. The van der Waals surface area contributed by atoms with Crippen molar-refractivity contribution in [1.82, 2.24) is 4.98 Å². The van der Waals surface area contributed by atoms with Gasteiger partial charge in [-0.1, -0.05) is 13.3 Å². The molecule has 92 valence electrons. The van der Waals surface area contributed by atoms with E-state index in [0.29, 0.717) is 5.56 Å². The second kappa shape index (κ2) is 5.17. The van der Waals surface area contributed by atoms with Crippen molar-refractivity contribution in [2.24, 2.45) is 11.7 Å². The molecule has 1 aromatic heterocycles. The van der Waals surface area contributed by atoms with Gasteiger partial charge in [0, 0.05) is 24.8 Å². The molecule has 1 aliphatic rings. The molecule has 4 nitrogen and oxygen atoms in total. The number of nitrogen functional groups attached to an aromatic ring is 1. The summed E-state index contributed by atoms with van der Waals surface area (Å²) in [5.74, 6) is 1.96. The zero-order valence-electron chi connectivity index (χ0n) is 10.3. The van der Waals surface area contributed by atoms with Gasteiger partial charge in [0.2, 0.25) is 0 Å². The Balaban J connectivity index is 2.01. The third-order valence-electron chi connectivity index (χ3n) is 3.57. The minimum Gasteiger partial charge on any atom is -0.384 e. The molecule has 17 heavy (non-hydrogen) atoms. The van der Waals surface area contributed by atoms with Crippen molar-refractivity contribution in [3.63, 3.8) is 0 Å². The highest BCUT2D eigenvalue weighted by Gasteiger charge is 2.18. The van der Waals surface area contributed by atoms with Crippen LogP contribution in [-0.2, 0) is 0 Å². The van der Waals surface area contributed by atoms with Crippen molar-refractivity contribution in [2.75, 3.05) is 18.0 Å². The first-order valence-electron chi connectivity index (χ1n) is 6.26. The number of hydrogen-bond acceptors (Lipinski definition) is 3. The molecule has 2 heterocycles. The van der Waals surface area contributed by atoms with Crippen LogP contribution >= 0.6 is 0 Å². The average Bonchev–Trinajstić information content (AvgIpc) is 2.39. The number of aromatic nitrogens is 1. The van der Waals surface area contributed by atoms with Crippen molar-refractivity contribution in [2.45, 2.75) is 26.2 Å². The van der Waals surface area contributed by atoms with Gasteiger partial charge in [-0.2, -0.15) is 0 Å². The second-order valence-corrected chi connectivity index (χ2v) is 4.66. The van der Waals surface area contributed by atoms with Gasteiger partial charge in [-0.05, 0) is 30.9 Å². The average molecular weight is 232 g/mol. The molecule has 1 saturated heterocycles. The summed E-state index contributed by atoms with van der Waals surface area (Å²) in [6, 6.07) is 3.83. The predicted molar refractivity (Wildman–Crippen MR) is 70.5 cm³/mol. The molecule has 0 spiro atoms. The quantitative estimate of drug-likeness (QED) is 0.618. The molecule has 0 aromatic carbocycles. The van der Waals surface area contributed by atoms with Crippen LogP contribution in [0.4, 0.5) is 5.82 Å². The number of hydrogen-bond donors (Lipinski definition) is 2. The number of nitrogens with two attached hydrogens (primary N) is 1. The van der Waals surface area contributed by atoms with E-state index in [1.165, 1.54) is 19.3 Å². The number of rotatable bonds is 3. The Hall–Kier alpha value is -1.58. The monoisotopic (exact) mass is 232 g/mol. The summed E-state index contributed by atoms with van der Waals surface area (Å²) in [5.41, 5.74) is 6.10. The number of anilines is 1. The topological polar surface area (TPSA) is 66.0 Å². The maximum absolute atomic E-state index is 7.33. The SMILES string of the molecule is CCC1CCN(c2ccc(C(=N)N)cn2)CC1. The van der Waals surface area contributed by atoms with Gasteiger partial charge >= 0.3 is 0 Å². The van der Waals surface area contributed by atoms with Gasteiger partial charge < -0.3 is 10.6 Å². The van der Waals surface area contributed by atoms with Crippen LogP contribution in [0.1, 0.15) is 31.7 Å². The maximum atomic E-state index is 7.33. The molecule has 4 heteroatoms. The Morgan fingerprint density at radius 2 is 2.18 bits per heavy atom. The number of pyridine rings is 1. The molecule has 3 N–H and O–H groups in total. The van der Waals surface area contributed by atoms with E-state index in [1.54, 1.807) is 6.20 Å². The summed E-state index contributed by atoms with van der Waals surface area (Å²) >= 11 is 0. The van der Waals surface area contributed by atoms with E-state index in [2.05, 4.69) is 16.8 Å². The van der Waals surface area contributed by atoms with E-state index < -0.39 is 0 Å². The van der Waals surface area contributed by atoms with Crippen LogP contribution in [0, 0.1) is 11.3 Å². The molecule has 1 aromatic rings. The fourth-order valence-electron chi connectivity index (χ4n) is 2.30. The minimum absolute atomic E-state index is 0.0775. The Morgan fingerprint density at radius 3 is 2.65 bits per heavy atom. The lowest BCUT2D eigenvalue weighted by atomic mass is 9.94. The molecule has 0 saturated carbocycles. The molecule has 1 aliphatic heterocycles. The van der Waals surface area contributed by atoms with Crippen molar-refractivity contribution >= 4 is 11.7 Å². The molecular formula is C13H20N4. The highest BCUT2D eigenvalue weighted by molar-refractivity contribution is 5.94. The Bertz CT molecular complexity index is 377. The fraction of sp³-hybridized carbons (Fsp3) is 0.538. The fourth-order valence-corrected chi connectivity index (χ4v) is 2.30. The molecule has 0 atom stereocenters. The molecule has 0 radical (unpaired) electrons. The Labute approximate surface area is 102 Å². The van der Waals surface area contributed by atoms with Crippen LogP contribution < -0.4 is 10.6 Å². The molecule has 0 amide bonds. The van der Waals surface area contributed by atoms with E-state index in [-0.39, 0.29) is 5.84 Å². The van der Waals surface area contributed by atoms with E-state index >= 15 is 0 Å². The van der Waals surface area contributed by atoms with Crippen LogP contribution in [0.2, 0.25) is 0 Å². The van der Waals surface area contributed by atoms with Gasteiger partial charge in [-0.25, -0.2) is 4.98 Å². The highest BCUT2D eigenvalue weighted by atomic mass is 15.2. The Morgan fingerprint density at radius 1 is 1.47 bits per heavy atom. The first-order chi connectivity index (χ1) is 8.20. The maximum Gasteiger partial charge on any atom is 0.128 e. The third-order valence-corrected chi connectivity index (χ3v) is 3.57. The van der Waals surface area contributed by atoms with E-state index in [4.69, 9.17) is 11.1 Å². The van der Waals surface area contributed by atoms with Crippen molar-refractivity contribution in [1.29, 1.82) is 5.41 Å². The van der Waals surface area contributed by atoms with E-state index in [9.17, 15) is 0 Å². The van der Waals surface area contributed by atoms with E-state index in [0.717, 1.165) is 24.8 Å². The van der Waals surface area contributed by atoms with Crippen LogP contribution in [0.3, 0.4) is 0 Å². The smallest absolute Gasteiger partial charge is 0.128 e. The normalized spacial score (nSPS) is 17.1. The minimum atomic E-state index is 0.0775. The summed E-state index contributed by atoms with van der Waals surface area (Å²) in [6.07, 6.45) is 5.48. The number of nitrogens with one attached hydrogen (secondary N) is 1. The predicted octanol–water partition coefficient (Wildman–Crippen LogP) is 1.99. The van der Waals surface area contributed by atoms with Gasteiger partial charge in [0.15, 0.2) is 0 Å². The largest absolute Gasteiger partial charge is 0.384 e. The first-order valence-corrected chi connectivity index (χ1v) is 6.26. The van der Waals surface area contributed by atoms with Gasteiger partial charge in [0.1, 0.15) is 11.7 Å². The molecule has 0 bridgehead atoms. The summed E-state index contributed by atoms with van der Waals surface area (Å²) < 4.78 is 0. The van der Waals surface area contributed by atoms with Crippen LogP contribution in [0.15, 0.2) is 18.3 Å². The molecule has 0 aliphatic carbocycles. The van der Waals surface area contributed by atoms with Crippen molar-refractivity contribution in [3.05, 3.63) is 23.9 Å². The van der Waals surface area contributed by atoms with Gasteiger partial charge in [0.05, 0.1) is 0 Å². The number of amidine groups is 1. The highest BCUT2D eigenvalue weighted by Crippen LogP contribution is 2.23. The van der Waals surface area contributed by atoms with Gasteiger partial charge in [-0.3, -0.25) is 5.41 Å². The summed E-state index contributed by atoms with van der Waals surface area (Å²) in [7, 11) is 0. The zero-order chi connectivity index (χ0) is 12.3. The second-order valence-electron chi connectivity index (χ2n) is 4.66. The van der Waals surface area contributed by atoms with E-state index in [1.807, 2.05) is 12.1 Å². The number of nitrogens with zero attached hydrogens (tertiary/aromatic N) is 2. The number of piperidine rings is 1. The van der Waals surface area contributed by atoms with Crippen molar-refractivity contribution in [3.8, 4) is 0 Å². The summed E-state index contributed by atoms with van der Waals surface area (Å²) in [6.45, 7) is 4.44. The lowest BCUT2D eigenvalue weighted by Crippen LogP contribution is -2.34. The molecule has 1 fully saturated rings. The zero-order valence-corrected chi connectivity index (χ0v) is 10.3. The molecule has 2 rings (SSSR count). The van der Waals surface area contributed by atoms with Gasteiger partial charge in [-0.15, -0.1) is 0 Å². The third kappa shape index (κ3) is 2.75.